The van der Waals surface area contributed by atoms with E-state index in [1.165, 1.54) is 0 Å². The summed E-state index contributed by atoms with van der Waals surface area (Å²) in [6.07, 6.45) is 0. The first kappa shape index (κ1) is 14.6. The van der Waals surface area contributed by atoms with E-state index in [4.69, 9.17) is 13.9 Å². The molecule has 6 heteroatoms. The predicted molar refractivity (Wildman–Crippen MR) is 86.0 cm³/mol. The van der Waals surface area contributed by atoms with Crippen LogP contribution < -0.4 is 9.47 Å². The minimum Gasteiger partial charge on any atom is -0.497 e. The van der Waals surface area contributed by atoms with Gasteiger partial charge in [-0.25, -0.2) is 0 Å². The molecule has 112 valence electrons. The van der Waals surface area contributed by atoms with Crippen molar-refractivity contribution < 1.29 is 13.9 Å². The van der Waals surface area contributed by atoms with Crippen molar-refractivity contribution in [1.29, 1.82) is 0 Å². The van der Waals surface area contributed by atoms with Gasteiger partial charge in [-0.3, -0.25) is 0 Å². The number of hydrogen-bond acceptors (Lipinski definition) is 5. The molecule has 5 nitrogen and oxygen atoms in total. The van der Waals surface area contributed by atoms with E-state index in [1.54, 1.807) is 20.3 Å². The lowest BCUT2D eigenvalue weighted by atomic mass is 10.2. The van der Waals surface area contributed by atoms with E-state index < -0.39 is 0 Å². The van der Waals surface area contributed by atoms with Crippen LogP contribution in [-0.2, 0) is 0 Å². The summed E-state index contributed by atoms with van der Waals surface area (Å²) in [7, 11) is 3.19. The zero-order chi connectivity index (χ0) is 15.5. The van der Waals surface area contributed by atoms with Gasteiger partial charge in [-0.2, -0.15) is 0 Å². The molecule has 1 aromatic heterocycles. The molecular weight excluding hydrogens is 348 g/mol. The highest BCUT2D eigenvalue weighted by Gasteiger charge is 2.16. The Morgan fingerprint density at radius 2 is 1.64 bits per heavy atom. The van der Waals surface area contributed by atoms with Gasteiger partial charge in [0.2, 0.25) is 5.89 Å². The highest BCUT2D eigenvalue weighted by Crippen LogP contribution is 2.35. The van der Waals surface area contributed by atoms with Crippen LogP contribution in [0.25, 0.3) is 22.9 Å². The molecule has 0 fully saturated rings. The quantitative estimate of drug-likeness (QED) is 0.698. The van der Waals surface area contributed by atoms with E-state index in [1.807, 2.05) is 36.4 Å². The summed E-state index contributed by atoms with van der Waals surface area (Å²) < 4.78 is 17.2. The Kier molecular flexibility index (Phi) is 4.11. The van der Waals surface area contributed by atoms with Crippen molar-refractivity contribution in [1.82, 2.24) is 10.2 Å². The van der Waals surface area contributed by atoms with Crippen LogP contribution in [0.4, 0.5) is 0 Å². The van der Waals surface area contributed by atoms with Crippen molar-refractivity contribution in [2.45, 2.75) is 0 Å². The lowest BCUT2D eigenvalue weighted by Crippen LogP contribution is -1.90. The predicted octanol–water partition coefficient (Wildman–Crippen LogP) is 4.18. The molecule has 0 aliphatic carbocycles. The topological polar surface area (TPSA) is 57.4 Å². The van der Waals surface area contributed by atoms with Crippen LogP contribution >= 0.6 is 15.9 Å². The fourth-order valence-corrected chi connectivity index (χ4v) is 2.51. The third kappa shape index (κ3) is 2.69. The van der Waals surface area contributed by atoms with Gasteiger partial charge in [-0.05, 0) is 40.2 Å². The molecular formula is C16H13BrN2O3. The average molecular weight is 361 g/mol. The third-order valence-corrected chi connectivity index (χ3v) is 3.86. The minimum absolute atomic E-state index is 0.394. The summed E-state index contributed by atoms with van der Waals surface area (Å²) in [4.78, 5) is 0. The molecule has 0 radical (unpaired) electrons. The van der Waals surface area contributed by atoms with Crippen molar-refractivity contribution in [3.8, 4) is 34.4 Å². The van der Waals surface area contributed by atoms with Gasteiger partial charge in [-0.1, -0.05) is 12.1 Å². The largest absolute Gasteiger partial charge is 0.497 e. The number of hydrogen-bond donors (Lipinski definition) is 0. The molecule has 3 aromatic rings. The van der Waals surface area contributed by atoms with E-state index in [2.05, 4.69) is 26.1 Å². The number of nitrogens with zero attached hydrogens (tertiary/aromatic N) is 2. The molecule has 0 spiro atoms. The summed E-state index contributed by atoms with van der Waals surface area (Å²) in [5, 5.41) is 8.22. The first-order valence-corrected chi connectivity index (χ1v) is 7.33. The SMILES string of the molecule is COc1ccc(-c2nnc(-c3ccccc3Br)o2)c(OC)c1. The summed E-state index contributed by atoms with van der Waals surface area (Å²) in [5.74, 6) is 2.15. The Labute approximate surface area is 136 Å². The molecule has 0 saturated heterocycles. The van der Waals surface area contributed by atoms with E-state index in [0.717, 1.165) is 10.0 Å². The second kappa shape index (κ2) is 6.19. The van der Waals surface area contributed by atoms with Crippen molar-refractivity contribution in [3.63, 3.8) is 0 Å². The monoisotopic (exact) mass is 360 g/mol. The van der Waals surface area contributed by atoms with Crippen LogP contribution in [0.3, 0.4) is 0 Å². The van der Waals surface area contributed by atoms with Gasteiger partial charge in [0.25, 0.3) is 5.89 Å². The Balaban J connectivity index is 2.03. The lowest BCUT2D eigenvalue weighted by Gasteiger charge is -2.07. The zero-order valence-electron chi connectivity index (χ0n) is 12.0. The summed E-state index contributed by atoms with van der Waals surface area (Å²) in [5.41, 5.74) is 1.56. The molecule has 3 rings (SSSR count). The van der Waals surface area contributed by atoms with Crippen LogP contribution in [0, 0.1) is 0 Å². The molecule has 0 amide bonds. The molecule has 2 aromatic carbocycles. The fraction of sp³-hybridized carbons (Fsp3) is 0.125. The van der Waals surface area contributed by atoms with E-state index in [9.17, 15) is 0 Å². The Hall–Kier alpha value is -2.34. The van der Waals surface area contributed by atoms with Crippen molar-refractivity contribution in [3.05, 3.63) is 46.9 Å². The first-order valence-electron chi connectivity index (χ1n) is 6.53. The fourth-order valence-electron chi connectivity index (χ4n) is 2.05. The number of benzene rings is 2. The van der Waals surface area contributed by atoms with Gasteiger partial charge < -0.3 is 13.9 Å². The summed E-state index contributed by atoms with van der Waals surface area (Å²) in [6, 6.07) is 13.1. The Bertz CT molecular complexity index is 802. The Morgan fingerprint density at radius 3 is 2.32 bits per heavy atom. The normalized spacial score (nSPS) is 10.5. The number of halogens is 1. The van der Waals surface area contributed by atoms with Crippen LogP contribution in [-0.4, -0.2) is 24.4 Å². The summed E-state index contributed by atoms with van der Waals surface area (Å²) in [6.45, 7) is 0. The third-order valence-electron chi connectivity index (χ3n) is 3.17. The molecule has 0 unspecified atom stereocenters. The standard InChI is InChI=1S/C16H13BrN2O3/c1-20-10-7-8-12(14(9-10)21-2)16-19-18-15(22-16)11-5-3-4-6-13(11)17/h3-9H,1-2H3. The molecule has 0 saturated carbocycles. The second-order valence-corrected chi connectivity index (χ2v) is 5.31. The first-order chi connectivity index (χ1) is 10.7. The number of methoxy groups -OCH3 is 2. The van der Waals surface area contributed by atoms with Crippen LogP contribution in [0.15, 0.2) is 51.4 Å². The van der Waals surface area contributed by atoms with Gasteiger partial charge in [0.1, 0.15) is 11.5 Å². The maximum Gasteiger partial charge on any atom is 0.251 e. The highest BCUT2D eigenvalue weighted by atomic mass is 79.9. The molecule has 0 aliphatic heterocycles. The van der Waals surface area contributed by atoms with E-state index in [-0.39, 0.29) is 0 Å². The maximum atomic E-state index is 5.78. The minimum atomic E-state index is 0.394. The van der Waals surface area contributed by atoms with E-state index in [0.29, 0.717) is 28.8 Å². The van der Waals surface area contributed by atoms with Gasteiger partial charge in [0.05, 0.1) is 25.3 Å². The zero-order valence-corrected chi connectivity index (χ0v) is 13.6. The molecule has 22 heavy (non-hydrogen) atoms. The van der Waals surface area contributed by atoms with Gasteiger partial charge >= 0.3 is 0 Å². The smallest absolute Gasteiger partial charge is 0.251 e. The number of ether oxygens (including phenoxy) is 2. The van der Waals surface area contributed by atoms with Crippen molar-refractivity contribution in [2.24, 2.45) is 0 Å². The van der Waals surface area contributed by atoms with Crippen molar-refractivity contribution >= 4 is 15.9 Å². The molecule has 0 aliphatic rings. The van der Waals surface area contributed by atoms with Gasteiger partial charge in [-0.15, -0.1) is 10.2 Å². The van der Waals surface area contributed by atoms with Crippen LogP contribution in [0.2, 0.25) is 0 Å². The van der Waals surface area contributed by atoms with Crippen LogP contribution in [0.1, 0.15) is 0 Å². The average Bonchev–Trinajstić information content (AvgIpc) is 3.04. The molecule has 0 N–H and O–H groups in total. The molecule has 0 bridgehead atoms. The highest BCUT2D eigenvalue weighted by molar-refractivity contribution is 9.10. The maximum absolute atomic E-state index is 5.78. The number of rotatable bonds is 4. The van der Waals surface area contributed by atoms with Crippen molar-refractivity contribution in [2.75, 3.05) is 14.2 Å². The molecule has 0 atom stereocenters. The van der Waals surface area contributed by atoms with Gasteiger partial charge in [0, 0.05) is 10.5 Å². The van der Waals surface area contributed by atoms with Crippen LogP contribution in [0.5, 0.6) is 11.5 Å². The molecule has 1 heterocycles. The second-order valence-electron chi connectivity index (χ2n) is 4.46. The van der Waals surface area contributed by atoms with Gasteiger partial charge in [0.15, 0.2) is 0 Å². The Morgan fingerprint density at radius 1 is 0.909 bits per heavy atom. The number of aromatic nitrogens is 2. The lowest BCUT2D eigenvalue weighted by molar-refractivity contribution is 0.394. The summed E-state index contributed by atoms with van der Waals surface area (Å²) >= 11 is 3.48. The van der Waals surface area contributed by atoms with E-state index >= 15 is 0 Å².